The molecule has 0 bridgehead atoms. The molecule has 2 aromatic carbocycles. The number of methoxy groups -OCH3 is 1. The van der Waals surface area contributed by atoms with E-state index in [0.29, 0.717) is 25.5 Å². The summed E-state index contributed by atoms with van der Waals surface area (Å²) in [6.45, 7) is 1.22. The molecule has 0 aliphatic carbocycles. The SMILES string of the molecule is CNCCC(=O)Nc1nc2ccccc2n1Cc1cccc(OC)c1.Cl. The van der Waals surface area contributed by atoms with Gasteiger partial charge in [0.1, 0.15) is 5.75 Å². The number of hydrogen-bond donors (Lipinski definition) is 2. The number of para-hydroxylation sites is 2. The van der Waals surface area contributed by atoms with Crippen LogP contribution in [-0.4, -0.2) is 36.2 Å². The van der Waals surface area contributed by atoms with E-state index < -0.39 is 0 Å². The molecule has 1 aromatic heterocycles. The molecular formula is C19H23ClN4O2. The molecule has 0 atom stereocenters. The molecule has 2 N–H and O–H groups in total. The van der Waals surface area contributed by atoms with Crippen molar-refractivity contribution in [2.24, 2.45) is 0 Å². The minimum atomic E-state index is -0.0588. The summed E-state index contributed by atoms with van der Waals surface area (Å²) in [7, 11) is 3.48. The van der Waals surface area contributed by atoms with Crippen molar-refractivity contribution in [3.05, 3.63) is 54.1 Å². The molecule has 1 amide bonds. The van der Waals surface area contributed by atoms with Gasteiger partial charge in [-0.05, 0) is 36.9 Å². The van der Waals surface area contributed by atoms with Gasteiger partial charge in [0.25, 0.3) is 0 Å². The van der Waals surface area contributed by atoms with Crippen LogP contribution in [-0.2, 0) is 11.3 Å². The second kappa shape index (κ2) is 9.22. The van der Waals surface area contributed by atoms with Gasteiger partial charge in [0.15, 0.2) is 0 Å². The van der Waals surface area contributed by atoms with E-state index in [1.165, 1.54) is 0 Å². The number of nitrogens with zero attached hydrogens (tertiary/aromatic N) is 2. The first-order valence-electron chi connectivity index (χ1n) is 8.24. The zero-order valence-corrected chi connectivity index (χ0v) is 15.7. The zero-order valence-electron chi connectivity index (χ0n) is 14.9. The largest absolute Gasteiger partial charge is 0.497 e. The second-order valence-corrected chi connectivity index (χ2v) is 5.76. The Morgan fingerprint density at radius 1 is 1.19 bits per heavy atom. The van der Waals surface area contributed by atoms with Crippen LogP contribution in [0.3, 0.4) is 0 Å². The van der Waals surface area contributed by atoms with Gasteiger partial charge >= 0.3 is 0 Å². The van der Waals surface area contributed by atoms with E-state index >= 15 is 0 Å². The fourth-order valence-electron chi connectivity index (χ4n) is 2.71. The van der Waals surface area contributed by atoms with Crippen molar-refractivity contribution in [1.29, 1.82) is 0 Å². The molecule has 0 unspecified atom stereocenters. The van der Waals surface area contributed by atoms with E-state index in [1.807, 2.05) is 60.1 Å². The third kappa shape index (κ3) is 4.53. The Morgan fingerprint density at radius 3 is 2.77 bits per heavy atom. The maximum absolute atomic E-state index is 12.1. The Labute approximate surface area is 159 Å². The maximum atomic E-state index is 12.1. The summed E-state index contributed by atoms with van der Waals surface area (Å²) in [5, 5.41) is 5.90. The van der Waals surface area contributed by atoms with Gasteiger partial charge in [-0.15, -0.1) is 12.4 Å². The van der Waals surface area contributed by atoms with Crippen LogP contribution in [0.4, 0.5) is 5.95 Å². The van der Waals surface area contributed by atoms with Gasteiger partial charge in [-0.3, -0.25) is 10.1 Å². The van der Waals surface area contributed by atoms with Gasteiger partial charge in [-0.2, -0.15) is 0 Å². The van der Waals surface area contributed by atoms with Gasteiger partial charge in [-0.1, -0.05) is 24.3 Å². The summed E-state index contributed by atoms with van der Waals surface area (Å²) in [6.07, 6.45) is 0.402. The fraction of sp³-hybridized carbons (Fsp3) is 0.263. The van der Waals surface area contributed by atoms with Crippen LogP contribution in [0.2, 0.25) is 0 Å². The van der Waals surface area contributed by atoms with Crippen LogP contribution < -0.4 is 15.4 Å². The number of fused-ring (bicyclic) bond motifs is 1. The first-order valence-corrected chi connectivity index (χ1v) is 8.24. The van der Waals surface area contributed by atoms with Crippen molar-refractivity contribution in [2.45, 2.75) is 13.0 Å². The quantitative estimate of drug-likeness (QED) is 0.667. The molecule has 3 aromatic rings. The normalized spacial score (nSPS) is 10.4. The Hall–Kier alpha value is -2.57. The number of aromatic nitrogens is 2. The lowest BCUT2D eigenvalue weighted by Gasteiger charge is -2.11. The number of nitrogens with one attached hydrogen (secondary N) is 2. The highest BCUT2D eigenvalue weighted by Crippen LogP contribution is 2.22. The molecule has 1 heterocycles. The molecule has 138 valence electrons. The zero-order chi connectivity index (χ0) is 17.6. The van der Waals surface area contributed by atoms with Crippen LogP contribution >= 0.6 is 12.4 Å². The monoisotopic (exact) mass is 374 g/mol. The standard InChI is InChI=1S/C19H22N4O2.ClH/c1-20-11-10-18(24)22-19-21-16-8-3-4-9-17(16)23(19)13-14-6-5-7-15(12-14)25-2;/h3-9,12,20H,10-11,13H2,1-2H3,(H,21,22,24);1H. The number of carbonyl (C=O) groups excluding carboxylic acids is 1. The summed E-state index contributed by atoms with van der Waals surface area (Å²) in [6, 6.07) is 15.8. The minimum Gasteiger partial charge on any atom is -0.497 e. The van der Waals surface area contributed by atoms with E-state index in [0.717, 1.165) is 22.3 Å². The summed E-state index contributed by atoms with van der Waals surface area (Å²) < 4.78 is 7.31. The van der Waals surface area contributed by atoms with Crippen LogP contribution in [0, 0.1) is 0 Å². The Bertz CT molecular complexity index is 879. The lowest BCUT2D eigenvalue weighted by atomic mass is 10.2. The van der Waals surface area contributed by atoms with Crippen molar-refractivity contribution in [3.8, 4) is 5.75 Å². The van der Waals surface area contributed by atoms with E-state index in [9.17, 15) is 4.79 Å². The summed E-state index contributed by atoms with van der Waals surface area (Å²) in [5.41, 5.74) is 2.91. The Morgan fingerprint density at radius 2 is 2.00 bits per heavy atom. The van der Waals surface area contributed by atoms with E-state index in [-0.39, 0.29) is 18.3 Å². The highest BCUT2D eigenvalue weighted by molar-refractivity contribution is 5.91. The van der Waals surface area contributed by atoms with Crippen molar-refractivity contribution in [2.75, 3.05) is 26.0 Å². The molecular weight excluding hydrogens is 352 g/mol. The molecule has 0 radical (unpaired) electrons. The number of hydrogen-bond acceptors (Lipinski definition) is 4. The number of ether oxygens (including phenoxy) is 1. The molecule has 6 nitrogen and oxygen atoms in total. The van der Waals surface area contributed by atoms with E-state index in [1.54, 1.807) is 7.11 Å². The van der Waals surface area contributed by atoms with Crippen LogP contribution in [0.15, 0.2) is 48.5 Å². The van der Waals surface area contributed by atoms with Gasteiger partial charge in [0, 0.05) is 13.0 Å². The number of carbonyl (C=O) groups is 1. The Kier molecular flexibility index (Phi) is 7.00. The number of imidazole rings is 1. The van der Waals surface area contributed by atoms with Gasteiger partial charge < -0.3 is 14.6 Å². The van der Waals surface area contributed by atoms with Crippen LogP contribution in [0.1, 0.15) is 12.0 Å². The number of halogens is 1. The molecule has 3 rings (SSSR count). The molecule has 0 saturated carbocycles. The number of benzene rings is 2. The fourth-order valence-corrected chi connectivity index (χ4v) is 2.71. The van der Waals surface area contributed by atoms with Crippen LogP contribution in [0.5, 0.6) is 5.75 Å². The predicted octanol–water partition coefficient (Wildman–Crippen LogP) is 3.06. The van der Waals surface area contributed by atoms with Crippen molar-refractivity contribution < 1.29 is 9.53 Å². The van der Waals surface area contributed by atoms with Crippen LogP contribution in [0.25, 0.3) is 11.0 Å². The average Bonchev–Trinajstić information content (AvgIpc) is 2.97. The molecule has 0 saturated heterocycles. The number of anilines is 1. The summed E-state index contributed by atoms with van der Waals surface area (Å²) in [4.78, 5) is 16.7. The highest BCUT2D eigenvalue weighted by atomic mass is 35.5. The molecule has 0 spiro atoms. The molecule has 0 aliphatic rings. The van der Waals surface area contributed by atoms with Crippen molar-refractivity contribution in [1.82, 2.24) is 14.9 Å². The van der Waals surface area contributed by atoms with Crippen molar-refractivity contribution in [3.63, 3.8) is 0 Å². The van der Waals surface area contributed by atoms with E-state index in [2.05, 4.69) is 15.6 Å². The molecule has 0 fully saturated rings. The average molecular weight is 375 g/mol. The molecule has 0 aliphatic heterocycles. The number of rotatable bonds is 7. The summed E-state index contributed by atoms with van der Waals surface area (Å²) >= 11 is 0. The second-order valence-electron chi connectivity index (χ2n) is 5.76. The third-order valence-electron chi connectivity index (χ3n) is 3.98. The third-order valence-corrected chi connectivity index (χ3v) is 3.98. The van der Waals surface area contributed by atoms with Crippen molar-refractivity contribution >= 4 is 35.3 Å². The highest BCUT2D eigenvalue weighted by Gasteiger charge is 2.13. The molecule has 26 heavy (non-hydrogen) atoms. The maximum Gasteiger partial charge on any atom is 0.227 e. The molecule has 7 heteroatoms. The lowest BCUT2D eigenvalue weighted by molar-refractivity contribution is -0.116. The first-order chi connectivity index (χ1) is 12.2. The number of amides is 1. The van der Waals surface area contributed by atoms with E-state index in [4.69, 9.17) is 4.74 Å². The topological polar surface area (TPSA) is 68.2 Å². The minimum absolute atomic E-state index is 0. The Balaban J connectivity index is 0.00000243. The lowest BCUT2D eigenvalue weighted by Crippen LogP contribution is -2.21. The van der Waals surface area contributed by atoms with Gasteiger partial charge in [-0.25, -0.2) is 4.98 Å². The smallest absolute Gasteiger partial charge is 0.227 e. The summed E-state index contributed by atoms with van der Waals surface area (Å²) in [5.74, 6) is 1.31. The van der Waals surface area contributed by atoms with Gasteiger partial charge in [0.05, 0.1) is 24.7 Å². The first kappa shape index (κ1) is 19.8. The predicted molar refractivity (Wildman–Crippen MR) is 106 cm³/mol. The van der Waals surface area contributed by atoms with Gasteiger partial charge in [0.2, 0.25) is 11.9 Å².